The van der Waals surface area contributed by atoms with Crippen LogP contribution >= 0.6 is 11.6 Å². The molecular formula is C4H4ClF3O. The molecule has 0 amide bonds. The van der Waals surface area contributed by atoms with Crippen molar-refractivity contribution in [2.45, 2.75) is 18.5 Å². The van der Waals surface area contributed by atoms with Crippen LogP contribution in [-0.2, 0) is 4.79 Å². The molecule has 0 aromatic rings. The Labute approximate surface area is 54.8 Å². The molecule has 0 aliphatic heterocycles. The molecule has 0 spiro atoms. The van der Waals surface area contributed by atoms with Gasteiger partial charge in [-0.2, -0.15) is 8.78 Å². The van der Waals surface area contributed by atoms with Gasteiger partial charge in [-0.15, -0.1) is 0 Å². The molecule has 0 bridgehead atoms. The highest BCUT2D eigenvalue weighted by molar-refractivity contribution is 6.22. The van der Waals surface area contributed by atoms with Crippen LogP contribution in [0.3, 0.4) is 0 Å². The summed E-state index contributed by atoms with van der Waals surface area (Å²) in [5.41, 5.74) is -2.92. The van der Waals surface area contributed by atoms with E-state index >= 15 is 0 Å². The number of hydrogen-bond donors (Lipinski definition) is 0. The standard InChI is InChI=1S/C4H4ClF3O/c1-2(9)4(7,8)3(5)6/h3H,1H3. The number of Topliss-reactive ketones (excluding diaryl/α,β-unsaturated/α-hetero) is 1. The molecule has 0 aromatic heterocycles. The first-order valence-electron chi connectivity index (χ1n) is 2.06. The molecule has 0 heterocycles. The summed E-state index contributed by atoms with van der Waals surface area (Å²) in [6, 6.07) is 0. The van der Waals surface area contributed by atoms with Crippen molar-refractivity contribution in [2.24, 2.45) is 0 Å². The molecule has 0 rings (SSSR count). The lowest BCUT2D eigenvalue weighted by Gasteiger charge is -2.10. The predicted molar refractivity (Wildman–Crippen MR) is 26.4 cm³/mol. The Kier molecular flexibility index (Phi) is 2.49. The number of halogens is 4. The van der Waals surface area contributed by atoms with Gasteiger partial charge in [-0.1, -0.05) is 11.6 Å². The minimum Gasteiger partial charge on any atom is -0.293 e. The van der Waals surface area contributed by atoms with Gasteiger partial charge in [-0.3, -0.25) is 4.79 Å². The third-order valence-corrected chi connectivity index (χ3v) is 1.02. The van der Waals surface area contributed by atoms with E-state index in [1.165, 1.54) is 0 Å². The summed E-state index contributed by atoms with van der Waals surface area (Å²) in [7, 11) is 0. The van der Waals surface area contributed by atoms with Gasteiger partial charge in [0.15, 0.2) is 0 Å². The van der Waals surface area contributed by atoms with Gasteiger partial charge in [0.25, 0.3) is 0 Å². The van der Waals surface area contributed by atoms with Crippen molar-refractivity contribution < 1.29 is 18.0 Å². The average Bonchev–Trinajstić information content (AvgIpc) is 1.65. The highest BCUT2D eigenvalue weighted by Gasteiger charge is 2.43. The number of carbonyl (C=O) groups is 1. The van der Waals surface area contributed by atoms with E-state index in [1.807, 2.05) is 0 Å². The number of rotatable bonds is 2. The van der Waals surface area contributed by atoms with Crippen molar-refractivity contribution in [3.8, 4) is 0 Å². The van der Waals surface area contributed by atoms with Crippen molar-refractivity contribution >= 4 is 17.4 Å². The van der Waals surface area contributed by atoms with Gasteiger partial charge >= 0.3 is 5.92 Å². The first kappa shape index (κ1) is 8.75. The van der Waals surface area contributed by atoms with Gasteiger partial charge in [0, 0.05) is 6.92 Å². The minimum atomic E-state index is -4.04. The maximum atomic E-state index is 11.8. The summed E-state index contributed by atoms with van der Waals surface area (Å²) in [4.78, 5) is 9.83. The van der Waals surface area contributed by atoms with Crippen LogP contribution in [0.1, 0.15) is 6.92 Å². The van der Waals surface area contributed by atoms with Gasteiger partial charge in [-0.25, -0.2) is 4.39 Å². The zero-order valence-electron chi connectivity index (χ0n) is 4.50. The SMILES string of the molecule is CC(=O)C(F)(F)C(F)Cl. The second-order valence-electron chi connectivity index (χ2n) is 1.48. The molecule has 1 atom stereocenters. The Morgan fingerprint density at radius 1 is 1.67 bits per heavy atom. The van der Waals surface area contributed by atoms with E-state index in [0.717, 1.165) is 0 Å². The summed E-state index contributed by atoms with van der Waals surface area (Å²) in [5.74, 6) is -5.60. The van der Waals surface area contributed by atoms with E-state index in [1.54, 1.807) is 0 Å². The van der Waals surface area contributed by atoms with Gasteiger partial charge < -0.3 is 0 Å². The van der Waals surface area contributed by atoms with Crippen molar-refractivity contribution in [1.29, 1.82) is 0 Å². The maximum Gasteiger partial charge on any atom is 0.349 e. The van der Waals surface area contributed by atoms with Crippen molar-refractivity contribution in [3.05, 3.63) is 0 Å². The molecule has 1 unspecified atom stereocenters. The van der Waals surface area contributed by atoms with Crippen LogP contribution in [0.5, 0.6) is 0 Å². The van der Waals surface area contributed by atoms with E-state index in [9.17, 15) is 18.0 Å². The van der Waals surface area contributed by atoms with E-state index in [2.05, 4.69) is 11.6 Å². The predicted octanol–water partition coefficient (Wildman–Crippen LogP) is 1.75. The molecular weight excluding hydrogens is 156 g/mol. The second kappa shape index (κ2) is 2.56. The van der Waals surface area contributed by atoms with Crippen LogP contribution in [0, 0.1) is 0 Å². The van der Waals surface area contributed by atoms with E-state index in [4.69, 9.17) is 0 Å². The van der Waals surface area contributed by atoms with Crippen LogP contribution in [0.25, 0.3) is 0 Å². The topological polar surface area (TPSA) is 17.1 Å². The fraction of sp³-hybridized carbons (Fsp3) is 0.750. The fourth-order valence-corrected chi connectivity index (χ4v) is 0.307. The molecule has 1 nitrogen and oxygen atoms in total. The molecule has 0 saturated heterocycles. The zero-order chi connectivity index (χ0) is 7.65. The highest BCUT2D eigenvalue weighted by atomic mass is 35.5. The van der Waals surface area contributed by atoms with Gasteiger partial charge in [0.05, 0.1) is 0 Å². The average molecular weight is 161 g/mol. The molecule has 5 heteroatoms. The van der Waals surface area contributed by atoms with Crippen LogP contribution in [0.4, 0.5) is 13.2 Å². The molecule has 0 aliphatic carbocycles. The molecule has 0 aromatic carbocycles. The van der Waals surface area contributed by atoms with Crippen molar-refractivity contribution in [2.75, 3.05) is 0 Å². The quantitative estimate of drug-likeness (QED) is 0.563. The highest BCUT2D eigenvalue weighted by Crippen LogP contribution is 2.24. The third-order valence-electron chi connectivity index (χ3n) is 0.743. The van der Waals surface area contributed by atoms with Gasteiger partial charge in [0.1, 0.15) is 0 Å². The minimum absolute atomic E-state index is 0.578. The molecule has 9 heavy (non-hydrogen) atoms. The Morgan fingerprint density at radius 3 is 2.00 bits per heavy atom. The number of hydrogen-bond acceptors (Lipinski definition) is 1. The first-order chi connectivity index (χ1) is 3.89. The van der Waals surface area contributed by atoms with Crippen molar-refractivity contribution in [1.82, 2.24) is 0 Å². The Hall–Kier alpha value is -0.250. The first-order valence-corrected chi connectivity index (χ1v) is 2.49. The van der Waals surface area contributed by atoms with Crippen LogP contribution in [0.2, 0.25) is 0 Å². The van der Waals surface area contributed by atoms with Gasteiger partial charge in [0.2, 0.25) is 11.4 Å². The summed E-state index contributed by atoms with van der Waals surface area (Å²) in [6.45, 7) is 0.578. The maximum absolute atomic E-state index is 11.8. The largest absolute Gasteiger partial charge is 0.349 e. The van der Waals surface area contributed by atoms with Crippen molar-refractivity contribution in [3.63, 3.8) is 0 Å². The molecule has 0 aliphatic rings. The Morgan fingerprint density at radius 2 is 2.00 bits per heavy atom. The lowest BCUT2D eigenvalue weighted by molar-refractivity contribution is -0.145. The molecule has 0 N–H and O–H groups in total. The fourth-order valence-electron chi connectivity index (χ4n) is 0.154. The number of ketones is 1. The summed E-state index contributed by atoms with van der Waals surface area (Å²) < 4.78 is 35.1. The van der Waals surface area contributed by atoms with Crippen LogP contribution in [-0.4, -0.2) is 17.3 Å². The summed E-state index contributed by atoms with van der Waals surface area (Å²) in [5, 5.41) is 0. The third kappa shape index (κ3) is 1.86. The molecule has 54 valence electrons. The number of carbonyl (C=O) groups excluding carboxylic acids is 1. The lowest BCUT2D eigenvalue weighted by atomic mass is 10.3. The van der Waals surface area contributed by atoms with Crippen LogP contribution in [0.15, 0.2) is 0 Å². The lowest BCUT2D eigenvalue weighted by Crippen LogP contribution is -2.33. The van der Waals surface area contributed by atoms with E-state index < -0.39 is 17.3 Å². The van der Waals surface area contributed by atoms with Crippen LogP contribution < -0.4 is 0 Å². The summed E-state index contributed by atoms with van der Waals surface area (Å²) in [6.07, 6.45) is 0. The van der Waals surface area contributed by atoms with E-state index in [0.29, 0.717) is 6.92 Å². The molecule has 0 radical (unpaired) electrons. The smallest absolute Gasteiger partial charge is 0.293 e. The Bertz CT molecular complexity index is 123. The zero-order valence-corrected chi connectivity index (χ0v) is 5.25. The summed E-state index contributed by atoms with van der Waals surface area (Å²) >= 11 is 4.33. The second-order valence-corrected chi connectivity index (χ2v) is 1.86. The van der Waals surface area contributed by atoms with Gasteiger partial charge in [-0.05, 0) is 0 Å². The number of alkyl halides is 4. The molecule has 0 fully saturated rings. The monoisotopic (exact) mass is 160 g/mol. The Balaban J connectivity index is 4.19. The van der Waals surface area contributed by atoms with E-state index in [-0.39, 0.29) is 0 Å². The molecule has 0 saturated carbocycles. The normalized spacial score (nSPS) is 15.2.